The number of hydrogen-bond donors (Lipinski definition) is 1. The number of carbonyl (C=O) groups is 1. The van der Waals surface area contributed by atoms with Crippen molar-refractivity contribution in [2.24, 2.45) is 5.92 Å². The Kier molecular flexibility index (Phi) is 3.45. The zero-order valence-corrected chi connectivity index (χ0v) is 14.2. The second kappa shape index (κ2) is 5.38. The predicted molar refractivity (Wildman–Crippen MR) is 92.8 cm³/mol. The van der Waals surface area contributed by atoms with Crippen LogP contribution in [0, 0.1) is 19.8 Å². The van der Waals surface area contributed by atoms with Gasteiger partial charge in [0.2, 0.25) is 0 Å². The van der Waals surface area contributed by atoms with Crippen LogP contribution in [0.5, 0.6) is 0 Å². The first-order valence-electron chi connectivity index (χ1n) is 8.62. The van der Waals surface area contributed by atoms with Crippen LogP contribution in [0.3, 0.4) is 0 Å². The van der Waals surface area contributed by atoms with Crippen molar-refractivity contribution in [2.45, 2.75) is 32.7 Å². The van der Waals surface area contributed by atoms with Gasteiger partial charge in [-0.2, -0.15) is 0 Å². The number of benzene rings is 1. The Labute approximate surface area is 137 Å². The molecule has 3 aliphatic rings. The zero-order valence-electron chi connectivity index (χ0n) is 14.2. The minimum Gasteiger partial charge on any atom is -0.358 e. The molecule has 122 valence electrons. The Hall–Kier alpha value is -1.81. The summed E-state index contributed by atoms with van der Waals surface area (Å²) in [6.45, 7) is 7.07. The number of hydrogen-bond acceptors (Lipinski definition) is 2. The summed E-state index contributed by atoms with van der Waals surface area (Å²) in [6, 6.07) is 6.60. The van der Waals surface area contributed by atoms with E-state index in [1.807, 2.05) is 12.1 Å². The van der Waals surface area contributed by atoms with E-state index in [4.69, 9.17) is 0 Å². The van der Waals surface area contributed by atoms with Crippen molar-refractivity contribution in [1.29, 1.82) is 0 Å². The predicted octanol–water partition coefficient (Wildman–Crippen LogP) is 2.95. The highest BCUT2D eigenvalue weighted by atomic mass is 16.2. The van der Waals surface area contributed by atoms with Crippen molar-refractivity contribution < 1.29 is 4.79 Å². The number of likely N-dealkylation sites (N-methyl/N-ethyl adjacent to an activating group) is 1. The van der Waals surface area contributed by atoms with Gasteiger partial charge in [0, 0.05) is 36.8 Å². The molecule has 3 aliphatic heterocycles. The monoisotopic (exact) mass is 311 g/mol. The second-order valence-electron chi connectivity index (χ2n) is 7.35. The smallest absolute Gasteiger partial charge is 0.256 e. The fourth-order valence-corrected chi connectivity index (χ4v) is 4.31. The van der Waals surface area contributed by atoms with E-state index < -0.39 is 0 Å². The van der Waals surface area contributed by atoms with Gasteiger partial charge in [-0.3, -0.25) is 4.79 Å². The molecule has 2 bridgehead atoms. The summed E-state index contributed by atoms with van der Waals surface area (Å²) in [5, 5.41) is 1.17. The maximum Gasteiger partial charge on any atom is 0.256 e. The number of nitrogens with zero attached hydrogens (tertiary/aromatic N) is 2. The Morgan fingerprint density at radius 1 is 1.17 bits per heavy atom. The molecule has 1 aromatic carbocycles. The maximum absolute atomic E-state index is 13.2. The third-order valence-corrected chi connectivity index (χ3v) is 5.85. The van der Waals surface area contributed by atoms with Gasteiger partial charge in [0.05, 0.1) is 11.1 Å². The van der Waals surface area contributed by atoms with Crippen LogP contribution in [0.15, 0.2) is 18.2 Å². The number of para-hydroxylation sites is 1. The van der Waals surface area contributed by atoms with E-state index in [0.717, 1.165) is 36.4 Å². The molecule has 1 amide bonds. The molecule has 23 heavy (non-hydrogen) atoms. The van der Waals surface area contributed by atoms with Crippen LogP contribution >= 0.6 is 0 Å². The number of aryl methyl sites for hydroxylation is 2. The van der Waals surface area contributed by atoms with Gasteiger partial charge < -0.3 is 14.8 Å². The molecule has 0 unspecified atom stereocenters. The summed E-state index contributed by atoms with van der Waals surface area (Å²) in [7, 11) is 2.20. The number of amides is 1. The average molecular weight is 311 g/mol. The quantitative estimate of drug-likeness (QED) is 0.879. The van der Waals surface area contributed by atoms with Crippen molar-refractivity contribution in [1.82, 2.24) is 14.8 Å². The van der Waals surface area contributed by atoms with E-state index in [0.29, 0.717) is 12.0 Å². The standard InChI is InChI=1S/C19H25N3O/c1-12-13(2)20-18-16(12)5-4-6-17(18)19(23)22-10-14-7-8-15(11-22)21(3)9-14/h4-6,14-15,20H,7-11H2,1-3H3/t14-,15-/m0/s1. The molecule has 1 aromatic heterocycles. The van der Waals surface area contributed by atoms with Crippen molar-refractivity contribution >= 4 is 16.8 Å². The van der Waals surface area contributed by atoms with Crippen molar-refractivity contribution in [2.75, 3.05) is 26.7 Å². The van der Waals surface area contributed by atoms with Gasteiger partial charge in [0.15, 0.2) is 0 Å². The lowest BCUT2D eigenvalue weighted by atomic mass is 9.96. The van der Waals surface area contributed by atoms with E-state index >= 15 is 0 Å². The zero-order chi connectivity index (χ0) is 16.1. The molecule has 2 aromatic rings. The van der Waals surface area contributed by atoms with Crippen molar-refractivity contribution in [3.63, 3.8) is 0 Å². The van der Waals surface area contributed by atoms with E-state index in [-0.39, 0.29) is 5.91 Å². The molecule has 1 N–H and O–H groups in total. The first kappa shape index (κ1) is 14.8. The Bertz CT molecular complexity index is 763. The van der Waals surface area contributed by atoms with E-state index in [9.17, 15) is 4.79 Å². The van der Waals surface area contributed by atoms with Crippen LogP contribution in [-0.2, 0) is 0 Å². The van der Waals surface area contributed by atoms with Crippen molar-refractivity contribution in [3.8, 4) is 0 Å². The van der Waals surface area contributed by atoms with Crippen LogP contribution in [-0.4, -0.2) is 53.4 Å². The van der Waals surface area contributed by atoms with Gasteiger partial charge in [-0.1, -0.05) is 12.1 Å². The van der Waals surface area contributed by atoms with E-state index in [1.165, 1.54) is 23.8 Å². The third kappa shape index (κ3) is 2.36. The second-order valence-corrected chi connectivity index (χ2v) is 7.35. The number of nitrogens with one attached hydrogen (secondary N) is 1. The van der Waals surface area contributed by atoms with Crippen molar-refractivity contribution in [3.05, 3.63) is 35.0 Å². The first-order valence-corrected chi connectivity index (χ1v) is 8.62. The number of piperidine rings is 1. The van der Waals surface area contributed by atoms with Crippen LogP contribution in [0.1, 0.15) is 34.5 Å². The van der Waals surface area contributed by atoms with E-state index in [1.54, 1.807) is 0 Å². The third-order valence-electron chi connectivity index (χ3n) is 5.85. The normalized spacial score (nSPS) is 25.1. The number of fused-ring (bicyclic) bond motifs is 5. The molecule has 3 fully saturated rings. The summed E-state index contributed by atoms with van der Waals surface area (Å²) >= 11 is 0. The first-order chi connectivity index (χ1) is 11.0. The minimum atomic E-state index is 0.184. The molecule has 4 heteroatoms. The summed E-state index contributed by atoms with van der Waals surface area (Å²) < 4.78 is 0. The van der Waals surface area contributed by atoms with Gasteiger partial charge in [0.25, 0.3) is 5.91 Å². The largest absolute Gasteiger partial charge is 0.358 e. The summed E-state index contributed by atoms with van der Waals surface area (Å²) in [6.07, 6.45) is 2.47. The highest BCUT2D eigenvalue weighted by molar-refractivity contribution is 6.06. The lowest BCUT2D eigenvalue weighted by molar-refractivity contribution is 0.0744. The van der Waals surface area contributed by atoms with Gasteiger partial charge in [-0.25, -0.2) is 0 Å². The molecule has 0 aliphatic carbocycles. The van der Waals surface area contributed by atoms with Gasteiger partial charge in [-0.05, 0) is 51.3 Å². The molecule has 0 saturated carbocycles. The highest BCUT2D eigenvalue weighted by Crippen LogP contribution is 2.29. The molecule has 0 spiro atoms. The summed E-state index contributed by atoms with van der Waals surface area (Å²) in [5.41, 5.74) is 4.21. The fourth-order valence-electron chi connectivity index (χ4n) is 4.31. The molecule has 4 heterocycles. The van der Waals surface area contributed by atoms with E-state index in [2.05, 4.69) is 41.7 Å². The number of H-pyrrole nitrogens is 1. The lowest BCUT2D eigenvalue weighted by Gasteiger charge is -2.32. The number of carbonyl (C=O) groups excluding carboxylic acids is 1. The molecular weight excluding hydrogens is 286 g/mol. The number of aromatic amines is 1. The minimum absolute atomic E-state index is 0.184. The number of rotatable bonds is 1. The van der Waals surface area contributed by atoms with Crippen LogP contribution < -0.4 is 0 Å². The van der Waals surface area contributed by atoms with Crippen LogP contribution in [0.4, 0.5) is 0 Å². The van der Waals surface area contributed by atoms with Gasteiger partial charge in [0.1, 0.15) is 0 Å². The lowest BCUT2D eigenvalue weighted by Crippen LogP contribution is -2.41. The topological polar surface area (TPSA) is 39.3 Å². The molecular formula is C19H25N3O. The molecule has 3 saturated heterocycles. The Morgan fingerprint density at radius 3 is 2.78 bits per heavy atom. The highest BCUT2D eigenvalue weighted by Gasteiger charge is 2.35. The van der Waals surface area contributed by atoms with Gasteiger partial charge in [-0.15, -0.1) is 0 Å². The molecule has 5 rings (SSSR count). The molecule has 0 radical (unpaired) electrons. The summed E-state index contributed by atoms with van der Waals surface area (Å²) in [4.78, 5) is 21.1. The van der Waals surface area contributed by atoms with Gasteiger partial charge >= 0.3 is 0 Å². The average Bonchev–Trinajstić information content (AvgIpc) is 2.72. The molecule has 4 nitrogen and oxygen atoms in total. The Morgan fingerprint density at radius 2 is 2.00 bits per heavy atom. The molecule has 2 atom stereocenters. The summed E-state index contributed by atoms with van der Waals surface area (Å²) in [5.74, 6) is 0.804. The maximum atomic E-state index is 13.2. The number of aromatic nitrogens is 1. The van der Waals surface area contributed by atoms with Crippen LogP contribution in [0.2, 0.25) is 0 Å². The van der Waals surface area contributed by atoms with Crippen LogP contribution in [0.25, 0.3) is 10.9 Å². The fraction of sp³-hybridized carbons (Fsp3) is 0.526. The SMILES string of the molecule is Cc1[nH]c2c(C(=O)N3C[C@H]4CC[C@@H](C3)N(C)C4)cccc2c1C. The Balaban J connectivity index is 1.71.